The molecule has 1 aromatic heterocycles. The van der Waals surface area contributed by atoms with Crippen molar-refractivity contribution in [3.63, 3.8) is 0 Å². The molecule has 0 aliphatic carbocycles. The monoisotopic (exact) mass is 468 g/mol. The van der Waals surface area contributed by atoms with Gasteiger partial charge in [-0.05, 0) is 62.9 Å². The lowest BCUT2D eigenvalue weighted by Gasteiger charge is -2.19. The highest BCUT2D eigenvalue weighted by Crippen LogP contribution is 2.21. The summed E-state index contributed by atoms with van der Waals surface area (Å²) < 4.78 is 11.4. The number of aromatic nitrogens is 2. The van der Waals surface area contributed by atoms with E-state index in [1.54, 1.807) is 0 Å². The molecule has 5 nitrogen and oxygen atoms in total. The van der Waals surface area contributed by atoms with Gasteiger partial charge in [0.15, 0.2) is 5.82 Å². The zero-order valence-corrected chi connectivity index (χ0v) is 21.7. The maximum absolute atomic E-state index is 11.6. The van der Waals surface area contributed by atoms with Gasteiger partial charge in [0.25, 0.3) is 0 Å². The van der Waals surface area contributed by atoms with E-state index in [0.717, 1.165) is 30.0 Å². The van der Waals surface area contributed by atoms with Crippen LogP contribution in [0.2, 0.25) is 0 Å². The standard InChI is InChI=1S/C29H44N2O3/c1-5-7-8-9-10-11-12-13-15-25-21-30-29(31-22-25)26-16-18-27(19-17-26)33-23(3)20-24(4)34-28(32)14-6-2/h16-19,21-24H,5-15,20H2,1-4H3/t23-,24-/m0/s1. The van der Waals surface area contributed by atoms with Crippen LogP contribution in [0.4, 0.5) is 0 Å². The van der Waals surface area contributed by atoms with Crippen molar-refractivity contribution in [3.8, 4) is 17.1 Å². The Bertz CT molecular complexity index is 805. The molecular weight excluding hydrogens is 424 g/mol. The molecule has 0 bridgehead atoms. The molecule has 0 saturated carbocycles. The summed E-state index contributed by atoms with van der Waals surface area (Å²) in [6.07, 6.45) is 17.3. The van der Waals surface area contributed by atoms with Gasteiger partial charge in [-0.15, -0.1) is 0 Å². The number of esters is 1. The van der Waals surface area contributed by atoms with Crippen molar-refractivity contribution in [2.45, 2.75) is 117 Å². The van der Waals surface area contributed by atoms with Gasteiger partial charge < -0.3 is 9.47 Å². The second-order valence-electron chi connectivity index (χ2n) is 9.38. The summed E-state index contributed by atoms with van der Waals surface area (Å²) >= 11 is 0. The SMILES string of the molecule is CCCCCCCCCCc1cnc(-c2ccc(O[C@@H](C)C[C@H](C)OC(=O)CCC)cc2)nc1. The van der Waals surface area contributed by atoms with Crippen LogP contribution in [0.1, 0.15) is 104 Å². The Labute approximate surface area is 206 Å². The van der Waals surface area contributed by atoms with Crippen molar-refractivity contribution in [2.24, 2.45) is 0 Å². The van der Waals surface area contributed by atoms with Gasteiger partial charge in [0.1, 0.15) is 11.9 Å². The summed E-state index contributed by atoms with van der Waals surface area (Å²) in [7, 11) is 0. The first-order valence-corrected chi connectivity index (χ1v) is 13.3. The van der Waals surface area contributed by atoms with Crippen LogP contribution in [0.15, 0.2) is 36.7 Å². The average molecular weight is 469 g/mol. The molecule has 0 aliphatic heterocycles. The normalized spacial score (nSPS) is 12.8. The molecule has 0 saturated heterocycles. The predicted molar refractivity (Wildman–Crippen MR) is 139 cm³/mol. The van der Waals surface area contributed by atoms with Crippen LogP contribution in [0, 0.1) is 0 Å². The Kier molecular flexibility index (Phi) is 13.3. The van der Waals surface area contributed by atoms with Gasteiger partial charge in [-0.1, -0.05) is 58.8 Å². The lowest BCUT2D eigenvalue weighted by Crippen LogP contribution is -2.23. The smallest absolute Gasteiger partial charge is 0.306 e. The number of benzene rings is 1. The fraction of sp³-hybridized carbons (Fsp3) is 0.621. The van der Waals surface area contributed by atoms with Crippen LogP contribution < -0.4 is 4.74 Å². The van der Waals surface area contributed by atoms with Crippen LogP contribution in [0.3, 0.4) is 0 Å². The van der Waals surface area contributed by atoms with Gasteiger partial charge in [-0.25, -0.2) is 9.97 Å². The van der Waals surface area contributed by atoms with Crippen LogP contribution in [0.5, 0.6) is 5.75 Å². The molecule has 0 spiro atoms. The third-order valence-electron chi connectivity index (χ3n) is 5.92. The van der Waals surface area contributed by atoms with E-state index in [1.165, 1.54) is 56.9 Å². The van der Waals surface area contributed by atoms with Gasteiger partial charge in [0.2, 0.25) is 0 Å². The van der Waals surface area contributed by atoms with Crippen LogP contribution in [-0.2, 0) is 16.0 Å². The zero-order chi connectivity index (χ0) is 24.6. The molecule has 0 radical (unpaired) electrons. The van der Waals surface area contributed by atoms with Crippen LogP contribution in [0.25, 0.3) is 11.4 Å². The molecule has 1 heterocycles. The summed E-state index contributed by atoms with van der Waals surface area (Å²) in [6, 6.07) is 7.86. The number of rotatable bonds is 17. The molecule has 188 valence electrons. The molecular formula is C29H44N2O3. The average Bonchev–Trinajstić information content (AvgIpc) is 2.81. The van der Waals surface area contributed by atoms with Crippen molar-refractivity contribution in [1.82, 2.24) is 9.97 Å². The second-order valence-corrected chi connectivity index (χ2v) is 9.38. The highest BCUT2D eigenvalue weighted by molar-refractivity contribution is 5.69. The van der Waals surface area contributed by atoms with Gasteiger partial charge in [-0.3, -0.25) is 4.79 Å². The van der Waals surface area contributed by atoms with Gasteiger partial charge in [0.05, 0.1) is 6.10 Å². The fourth-order valence-electron chi connectivity index (χ4n) is 4.06. The molecule has 2 rings (SSSR count). The topological polar surface area (TPSA) is 61.3 Å². The van der Waals surface area contributed by atoms with Crippen molar-refractivity contribution in [3.05, 3.63) is 42.2 Å². The Morgan fingerprint density at radius 2 is 1.44 bits per heavy atom. The summed E-state index contributed by atoms with van der Waals surface area (Å²) in [4.78, 5) is 20.8. The summed E-state index contributed by atoms with van der Waals surface area (Å²) in [6.45, 7) is 8.13. The third-order valence-corrected chi connectivity index (χ3v) is 5.92. The van der Waals surface area contributed by atoms with Gasteiger partial charge in [-0.2, -0.15) is 0 Å². The number of unbranched alkanes of at least 4 members (excludes halogenated alkanes) is 7. The van der Waals surface area contributed by atoms with E-state index in [4.69, 9.17) is 9.47 Å². The largest absolute Gasteiger partial charge is 0.491 e. The predicted octanol–water partition coefficient (Wildman–Crippen LogP) is 7.72. The van der Waals surface area contributed by atoms with E-state index < -0.39 is 0 Å². The number of ether oxygens (including phenoxy) is 2. The molecule has 2 aromatic rings. The van der Waals surface area contributed by atoms with Crippen LogP contribution in [-0.4, -0.2) is 28.1 Å². The van der Waals surface area contributed by atoms with Gasteiger partial charge in [0, 0.05) is 30.8 Å². The number of aryl methyl sites for hydroxylation is 1. The number of carbonyl (C=O) groups is 1. The first-order valence-electron chi connectivity index (χ1n) is 13.3. The molecule has 0 unspecified atom stereocenters. The molecule has 34 heavy (non-hydrogen) atoms. The number of nitrogens with zero attached hydrogens (tertiary/aromatic N) is 2. The highest BCUT2D eigenvalue weighted by atomic mass is 16.5. The minimum Gasteiger partial charge on any atom is -0.491 e. The Morgan fingerprint density at radius 3 is 2.06 bits per heavy atom. The molecule has 0 amide bonds. The zero-order valence-electron chi connectivity index (χ0n) is 21.7. The highest BCUT2D eigenvalue weighted by Gasteiger charge is 2.14. The van der Waals surface area contributed by atoms with E-state index in [1.807, 2.05) is 57.4 Å². The van der Waals surface area contributed by atoms with E-state index in [0.29, 0.717) is 12.8 Å². The van der Waals surface area contributed by atoms with Crippen molar-refractivity contribution in [2.75, 3.05) is 0 Å². The number of hydrogen-bond acceptors (Lipinski definition) is 5. The van der Waals surface area contributed by atoms with E-state index in [2.05, 4.69) is 16.9 Å². The third kappa shape index (κ3) is 11.1. The van der Waals surface area contributed by atoms with E-state index in [-0.39, 0.29) is 18.2 Å². The fourth-order valence-corrected chi connectivity index (χ4v) is 4.06. The summed E-state index contributed by atoms with van der Waals surface area (Å²) in [5.74, 6) is 1.38. The maximum atomic E-state index is 11.6. The number of carbonyl (C=O) groups excluding carboxylic acids is 1. The molecule has 0 N–H and O–H groups in total. The molecule has 2 atom stereocenters. The van der Waals surface area contributed by atoms with Gasteiger partial charge >= 0.3 is 5.97 Å². The number of hydrogen-bond donors (Lipinski definition) is 0. The van der Waals surface area contributed by atoms with Crippen LogP contribution >= 0.6 is 0 Å². The Balaban J connectivity index is 1.73. The van der Waals surface area contributed by atoms with Crippen molar-refractivity contribution < 1.29 is 14.3 Å². The van der Waals surface area contributed by atoms with E-state index >= 15 is 0 Å². The minimum atomic E-state index is -0.161. The molecule has 0 fully saturated rings. The lowest BCUT2D eigenvalue weighted by atomic mass is 10.1. The second kappa shape index (κ2) is 16.2. The summed E-state index contributed by atoms with van der Waals surface area (Å²) in [5.41, 5.74) is 2.18. The Morgan fingerprint density at radius 1 is 0.824 bits per heavy atom. The minimum absolute atomic E-state index is 0.0536. The van der Waals surface area contributed by atoms with Crippen molar-refractivity contribution >= 4 is 5.97 Å². The van der Waals surface area contributed by atoms with E-state index in [9.17, 15) is 4.79 Å². The quantitative estimate of drug-likeness (QED) is 0.176. The molecule has 1 aromatic carbocycles. The summed E-state index contributed by atoms with van der Waals surface area (Å²) in [5, 5.41) is 0. The Hall–Kier alpha value is -2.43. The molecule has 5 heteroatoms. The lowest BCUT2D eigenvalue weighted by molar-refractivity contribution is -0.149. The molecule has 0 aliphatic rings. The first kappa shape index (κ1) is 27.8. The first-order chi connectivity index (χ1) is 16.5. The maximum Gasteiger partial charge on any atom is 0.306 e. The van der Waals surface area contributed by atoms with Crippen molar-refractivity contribution in [1.29, 1.82) is 0 Å².